The predicted octanol–water partition coefficient (Wildman–Crippen LogP) is 1.65. The van der Waals surface area contributed by atoms with Crippen LogP contribution in [0.3, 0.4) is 0 Å². The Morgan fingerprint density at radius 2 is 1.90 bits per heavy atom. The summed E-state index contributed by atoms with van der Waals surface area (Å²) < 4.78 is 17.1. The quantitative estimate of drug-likeness (QED) is 0.470. The van der Waals surface area contributed by atoms with Crippen molar-refractivity contribution < 1.29 is 4.39 Å². The molecular formula is C19H18FN7O2S. The summed E-state index contributed by atoms with van der Waals surface area (Å²) in [7, 11) is 3.04. The lowest BCUT2D eigenvalue weighted by molar-refractivity contribution is 0.628. The summed E-state index contributed by atoms with van der Waals surface area (Å²) in [4.78, 5) is 33.0. The van der Waals surface area contributed by atoms with Crippen LogP contribution in [0.2, 0.25) is 0 Å². The van der Waals surface area contributed by atoms with Crippen molar-refractivity contribution in [2.75, 3.05) is 5.75 Å². The van der Waals surface area contributed by atoms with E-state index in [0.29, 0.717) is 34.4 Å². The second-order valence-electron chi connectivity index (χ2n) is 6.55. The molecule has 4 rings (SSSR count). The zero-order chi connectivity index (χ0) is 21.3. The first-order chi connectivity index (χ1) is 14.4. The molecule has 0 saturated heterocycles. The molecule has 0 fully saturated rings. The number of nitrogens with zero attached hydrogens (tertiary/aromatic N) is 6. The van der Waals surface area contributed by atoms with Crippen LogP contribution >= 0.6 is 11.8 Å². The molecule has 0 bridgehead atoms. The van der Waals surface area contributed by atoms with E-state index < -0.39 is 5.69 Å². The van der Waals surface area contributed by atoms with E-state index in [1.54, 1.807) is 36.2 Å². The van der Waals surface area contributed by atoms with E-state index in [0.717, 1.165) is 10.1 Å². The molecule has 11 heteroatoms. The SMILES string of the molecule is Cn1c(=O)c2c(ncn2CCSc2n[nH]c(/C=C/c3ccc(F)cc3)n2)n(C)c1=O. The van der Waals surface area contributed by atoms with Crippen LogP contribution < -0.4 is 11.2 Å². The molecule has 1 aromatic carbocycles. The van der Waals surface area contributed by atoms with Crippen LogP contribution in [-0.4, -0.2) is 39.6 Å². The fraction of sp³-hybridized carbons (Fsp3) is 0.211. The summed E-state index contributed by atoms with van der Waals surface area (Å²) in [6.07, 6.45) is 5.13. The Labute approximate surface area is 173 Å². The van der Waals surface area contributed by atoms with Crippen molar-refractivity contribution in [3.63, 3.8) is 0 Å². The average Bonchev–Trinajstić information content (AvgIpc) is 3.37. The Kier molecular flexibility index (Phi) is 5.36. The maximum absolute atomic E-state index is 12.9. The van der Waals surface area contributed by atoms with Crippen molar-refractivity contribution in [2.24, 2.45) is 14.1 Å². The molecule has 0 aliphatic heterocycles. The Hall–Kier alpha value is -3.47. The number of hydrogen-bond donors (Lipinski definition) is 1. The number of nitrogens with one attached hydrogen (secondary N) is 1. The first-order valence-corrected chi connectivity index (χ1v) is 10.0. The van der Waals surface area contributed by atoms with Gasteiger partial charge in [0, 0.05) is 26.4 Å². The van der Waals surface area contributed by atoms with Gasteiger partial charge in [-0.3, -0.25) is 19.0 Å². The minimum Gasteiger partial charge on any atom is -0.324 e. The zero-order valence-corrected chi connectivity index (χ0v) is 17.1. The number of aromatic amines is 1. The van der Waals surface area contributed by atoms with Gasteiger partial charge in [-0.2, -0.15) is 0 Å². The molecule has 0 radical (unpaired) electrons. The zero-order valence-electron chi connectivity index (χ0n) is 16.2. The number of benzene rings is 1. The highest BCUT2D eigenvalue weighted by Gasteiger charge is 2.14. The van der Waals surface area contributed by atoms with E-state index in [4.69, 9.17) is 0 Å². The van der Waals surface area contributed by atoms with Gasteiger partial charge in [0.2, 0.25) is 5.16 Å². The van der Waals surface area contributed by atoms with E-state index in [-0.39, 0.29) is 11.4 Å². The van der Waals surface area contributed by atoms with Gasteiger partial charge in [-0.05, 0) is 23.8 Å². The van der Waals surface area contributed by atoms with Crippen LogP contribution in [0.25, 0.3) is 23.3 Å². The molecule has 0 amide bonds. The van der Waals surface area contributed by atoms with Crippen molar-refractivity contribution in [1.29, 1.82) is 0 Å². The molecule has 30 heavy (non-hydrogen) atoms. The fourth-order valence-electron chi connectivity index (χ4n) is 2.95. The van der Waals surface area contributed by atoms with Crippen LogP contribution in [0.15, 0.2) is 45.3 Å². The van der Waals surface area contributed by atoms with Crippen LogP contribution in [0, 0.1) is 5.82 Å². The van der Waals surface area contributed by atoms with Gasteiger partial charge >= 0.3 is 5.69 Å². The first-order valence-electron chi connectivity index (χ1n) is 9.04. The van der Waals surface area contributed by atoms with Crippen molar-refractivity contribution in [3.05, 3.63) is 68.6 Å². The molecule has 9 nitrogen and oxygen atoms in total. The largest absolute Gasteiger partial charge is 0.332 e. The number of thioether (sulfide) groups is 1. The molecule has 0 unspecified atom stereocenters. The molecule has 4 aromatic rings. The van der Waals surface area contributed by atoms with Gasteiger partial charge in [0.05, 0.1) is 6.33 Å². The Bertz CT molecular complexity index is 1350. The highest BCUT2D eigenvalue weighted by molar-refractivity contribution is 7.99. The highest BCUT2D eigenvalue weighted by Crippen LogP contribution is 2.15. The van der Waals surface area contributed by atoms with E-state index in [9.17, 15) is 14.0 Å². The molecule has 0 atom stereocenters. The second kappa shape index (κ2) is 8.11. The number of aryl methyl sites for hydroxylation is 2. The average molecular weight is 427 g/mol. The molecule has 154 valence electrons. The van der Waals surface area contributed by atoms with Crippen molar-refractivity contribution in [1.82, 2.24) is 33.9 Å². The third-order valence-electron chi connectivity index (χ3n) is 4.57. The van der Waals surface area contributed by atoms with Crippen molar-refractivity contribution >= 4 is 35.1 Å². The summed E-state index contributed by atoms with van der Waals surface area (Å²) in [6.45, 7) is 0.504. The lowest BCUT2D eigenvalue weighted by atomic mass is 10.2. The number of hydrogen-bond acceptors (Lipinski definition) is 6. The number of aromatic nitrogens is 7. The highest BCUT2D eigenvalue weighted by atomic mass is 32.2. The minimum atomic E-state index is -0.408. The maximum Gasteiger partial charge on any atom is 0.332 e. The smallest absolute Gasteiger partial charge is 0.324 e. The number of imidazole rings is 1. The van der Waals surface area contributed by atoms with Gasteiger partial charge in [0.15, 0.2) is 11.2 Å². The predicted molar refractivity (Wildman–Crippen MR) is 113 cm³/mol. The first kappa shape index (κ1) is 19.8. The lowest BCUT2D eigenvalue weighted by Gasteiger charge is -2.05. The summed E-state index contributed by atoms with van der Waals surface area (Å²) in [6, 6.07) is 6.14. The van der Waals surface area contributed by atoms with Crippen LogP contribution in [0.4, 0.5) is 4.39 Å². The molecule has 1 N–H and O–H groups in total. The summed E-state index contributed by atoms with van der Waals surface area (Å²) in [5.74, 6) is 0.909. The van der Waals surface area contributed by atoms with Gasteiger partial charge in [-0.15, -0.1) is 5.10 Å². The van der Waals surface area contributed by atoms with E-state index in [1.807, 2.05) is 6.08 Å². The topological polar surface area (TPSA) is 103 Å². The van der Waals surface area contributed by atoms with Crippen LogP contribution in [0.5, 0.6) is 0 Å². The Morgan fingerprint density at radius 3 is 2.67 bits per heavy atom. The molecule has 3 heterocycles. The number of rotatable bonds is 6. The monoisotopic (exact) mass is 427 g/mol. The Balaban J connectivity index is 1.43. The summed E-state index contributed by atoms with van der Waals surface area (Å²) in [5, 5.41) is 7.57. The lowest BCUT2D eigenvalue weighted by Crippen LogP contribution is -2.37. The van der Waals surface area contributed by atoms with Gasteiger partial charge < -0.3 is 4.57 Å². The fourth-order valence-corrected chi connectivity index (χ4v) is 3.69. The molecule has 0 aliphatic carbocycles. The van der Waals surface area contributed by atoms with E-state index in [1.165, 1.54) is 35.5 Å². The van der Waals surface area contributed by atoms with Crippen molar-refractivity contribution in [2.45, 2.75) is 11.7 Å². The Morgan fingerprint density at radius 1 is 1.13 bits per heavy atom. The van der Waals surface area contributed by atoms with Gasteiger partial charge in [0.25, 0.3) is 5.56 Å². The van der Waals surface area contributed by atoms with Crippen LogP contribution in [0.1, 0.15) is 11.4 Å². The molecule has 0 aliphatic rings. The summed E-state index contributed by atoms with van der Waals surface area (Å²) >= 11 is 1.43. The number of H-pyrrole nitrogens is 1. The number of halogens is 1. The molecule has 0 saturated carbocycles. The normalized spacial score (nSPS) is 11.7. The van der Waals surface area contributed by atoms with E-state index in [2.05, 4.69) is 20.2 Å². The van der Waals surface area contributed by atoms with Gasteiger partial charge in [0.1, 0.15) is 11.6 Å². The maximum atomic E-state index is 12.9. The standard InChI is InChI=1S/C19H18FN7O2S/c1-25-16-15(17(28)26(2)19(25)29)27(11-21-16)9-10-30-18-22-14(23-24-18)8-5-12-3-6-13(20)7-4-12/h3-8,11H,9-10H2,1-2H3,(H,22,23,24)/b8-5+. The van der Waals surface area contributed by atoms with Crippen molar-refractivity contribution in [3.8, 4) is 0 Å². The van der Waals surface area contributed by atoms with Gasteiger partial charge in [-0.25, -0.2) is 19.2 Å². The van der Waals surface area contributed by atoms with Crippen LogP contribution in [-0.2, 0) is 20.6 Å². The number of fused-ring (bicyclic) bond motifs is 1. The molecule has 3 aromatic heterocycles. The third-order valence-corrected chi connectivity index (χ3v) is 5.39. The third kappa shape index (κ3) is 3.83. The molecular weight excluding hydrogens is 409 g/mol. The van der Waals surface area contributed by atoms with E-state index >= 15 is 0 Å². The second-order valence-corrected chi connectivity index (χ2v) is 7.61. The van der Waals surface area contributed by atoms with Gasteiger partial charge in [-0.1, -0.05) is 30.0 Å². The minimum absolute atomic E-state index is 0.281. The summed E-state index contributed by atoms with van der Waals surface area (Å²) in [5.41, 5.74) is 0.818. The molecule has 0 spiro atoms.